The van der Waals surface area contributed by atoms with E-state index in [0.29, 0.717) is 17.1 Å². The number of rotatable bonds is 7. The van der Waals surface area contributed by atoms with Gasteiger partial charge in [-0.25, -0.2) is 4.79 Å². The number of likely N-dealkylation sites (tertiary alicyclic amines) is 1. The molecule has 0 aliphatic carbocycles. The summed E-state index contributed by atoms with van der Waals surface area (Å²) in [4.78, 5) is 30.8. The highest BCUT2D eigenvalue weighted by molar-refractivity contribution is 5.89. The van der Waals surface area contributed by atoms with Crippen LogP contribution in [0, 0.1) is 0 Å². The van der Waals surface area contributed by atoms with Crippen LogP contribution in [0.4, 0.5) is 0 Å². The van der Waals surface area contributed by atoms with Crippen molar-refractivity contribution in [2.75, 3.05) is 6.61 Å². The first kappa shape index (κ1) is 21.8. The molecule has 30 heavy (non-hydrogen) atoms. The summed E-state index contributed by atoms with van der Waals surface area (Å²) in [7, 11) is 0. The average molecular weight is 415 g/mol. The van der Waals surface area contributed by atoms with Crippen molar-refractivity contribution in [1.82, 2.24) is 15.0 Å². The number of benzene rings is 1. The van der Waals surface area contributed by atoms with E-state index in [1.54, 1.807) is 24.3 Å². The number of nitrogens with zero attached hydrogens (tertiary/aromatic N) is 3. The summed E-state index contributed by atoms with van der Waals surface area (Å²) in [5.41, 5.74) is 0.371. The molecule has 8 nitrogen and oxygen atoms in total. The van der Waals surface area contributed by atoms with Gasteiger partial charge in [0, 0.05) is 18.0 Å². The number of carbonyl (C=O) groups is 2. The molecule has 0 saturated carbocycles. The maximum absolute atomic E-state index is 12.5. The summed E-state index contributed by atoms with van der Waals surface area (Å²) in [6.07, 6.45) is 3.19. The predicted octanol–water partition coefficient (Wildman–Crippen LogP) is 3.72. The molecule has 1 aromatic heterocycles. The Bertz CT molecular complexity index is 852. The Balaban J connectivity index is 1.49. The van der Waals surface area contributed by atoms with Gasteiger partial charge < -0.3 is 18.9 Å². The first-order valence-corrected chi connectivity index (χ1v) is 10.4. The molecule has 1 aliphatic heterocycles. The van der Waals surface area contributed by atoms with Crippen LogP contribution in [0.1, 0.15) is 74.9 Å². The van der Waals surface area contributed by atoms with Crippen molar-refractivity contribution >= 4 is 11.9 Å². The minimum absolute atomic E-state index is 0.0153. The quantitative estimate of drug-likeness (QED) is 0.636. The fraction of sp³-hybridized carbons (Fsp3) is 0.545. The van der Waals surface area contributed by atoms with E-state index in [9.17, 15) is 9.59 Å². The molecule has 3 rings (SSSR count). The van der Waals surface area contributed by atoms with Crippen molar-refractivity contribution in [2.24, 2.45) is 0 Å². The van der Waals surface area contributed by atoms with E-state index >= 15 is 0 Å². The van der Waals surface area contributed by atoms with Gasteiger partial charge in [0.25, 0.3) is 11.8 Å². The van der Waals surface area contributed by atoms with Gasteiger partial charge in [0.05, 0.1) is 5.56 Å². The van der Waals surface area contributed by atoms with Crippen molar-refractivity contribution in [3.63, 3.8) is 0 Å². The van der Waals surface area contributed by atoms with Crippen molar-refractivity contribution in [3.8, 4) is 5.75 Å². The summed E-state index contributed by atoms with van der Waals surface area (Å²) in [5.74, 6) is 0.975. The maximum atomic E-state index is 12.5. The minimum atomic E-state index is -0.502. The monoisotopic (exact) mass is 415 g/mol. The second kappa shape index (κ2) is 9.73. The Morgan fingerprint density at radius 1 is 1.17 bits per heavy atom. The van der Waals surface area contributed by atoms with Gasteiger partial charge in [0.15, 0.2) is 19.0 Å². The smallest absolute Gasteiger partial charge is 0.338 e. The van der Waals surface area contributed by atoms with Crippen LogP contribution in [0.2, 0.25) is 0 Å². The molecule has 2 atom stereocenters. The Morgan fingerprint density at radius 3 is 2.43 bits per heavy atom. The summed E-state index contributed by atoms with van der Waals surface area (Å²) in [5, 5.41) is 3.83. The zero-order valence-corrected chi connectivity index (χ0v) is 18.0. The largest absolute Gasteiger partial charge is 0.484 e. The first-order valence-electron chi connectivity index (χ1n) is 10.4. The highest BCUT2D eigenvalue weighted by Crippen LogP contribution is 2.23. The van der Waals surface area contributed by atoms with Gasteiger partial charge in [0.2, 0.25) is 0 Å². The maximum Gasteiger partial charge on any atom is 0.338 e. The lowest BCUT2D eigenvalue weighted by Gasteiger charge is -2.38. The molecule has 2 aromatic rings. The Kier molecular flexibility index (Phi) is 7.07. The first-order chi connectivity index (χ1) is 14.3. The molecular weight excluding hydrogens is 386 g/mol. The van der Waals surface area contributed by atoms with Gasteiger partial charge in [-0.1, -0.05) is 19.0 Å². The highest BCUT2D eigenvalue weighted by atomic mass is 16.6. The van der Waals surface area contributed by atoms with Gasteiger partial charge in [0.1, 0.15) is 5.75 Å². The molecule has 0 N–H and O–H groups in total. The summed E-state index contributed by atoms with van der Waals surface area (Å²) in [6, 6.07) is 6.96. The number of hydrogen-bond donors (Lipinski definition) is 0. The number of carbonyl (C=O) groups excluding carboxylic acids is 2. The van der Waals surface area contributed by atoms with Gasteiger partial charge in [-0.2, -0.15) is 4.98 Å². The molecule has 0 spiro atoms. The van der Waals surface area contributed by atoms with Crippen LogP contribution in [0.5, 0.6) is 5.75 Å². The molecule has 1 fully saturated rings. The van der Waals surface area contributed by atoms with Crippen molar-refractivity contribution in [3.05, 3.63) is 41.5 Å². The van der Waals surface area contributed by atoms with Crippen LogP contribution in [-0.4, -0.2) is 45.6 Å². The third-order valence-corrected chi connectivity index (χ3v) is 5.26. The summed E-state index contributed by atoms with van der Waals surface area (Å²) in [6.45, 7) is 7.94. The molecule has 162 valence electrons. The van der Waals surface area contributed by atoms with E-state index < -0.39 is 5.97 Å². The number of esters is 1. The topological polar surface area (TPSA) is 94.8 Å². The second-order valence-corrected chi connectivity index (χ2v) is 8.02. The number of hydrogen-bond acceptors (Lipinski definition) is 7. The van der Waals surface area contributed by atoms with Crippen LogP contribution >= 0.6 is 0 Å². The second-order valence-electron chi connectivity index (χ2n) is 8.02. The van der Waals surface area contributed by atoms with Gasteiger partial charge >= 0.3 is 5.97 Å². The fourth-order valence-corrected chi connectivity index (χ4v) is 3.59. The standard InChI is InChI=1S/C22H29N3O5/c1-14(2)21-23-19(30-24-21)12-29-22(27)17-8-10-18(11-9-17)28-13-20(26)25-15(3)6-5-7-16(25)4/h8-11,14-16H,5-7,12-13H2,1-4H3/t15-,16-/m1/s1. The lowest BCUT2D eigenvalue weighted by atomic mass is 9.97. The number of aromatic nitrogens is 2. The van der Waals surface area contributed by atoms with Crippen molar-refractivity contribution in [1.29, 1.82) is 0 Å². The third kappa shape index (κ3) is 5.37. The van der Waals surface area contributed by atoms with Crippen LogP contribution < -0.4 is 4.74 Å². The molecule has 8 heteroatoms. The Labute approximate surface area is 176 Å². The molecule has 1 saturated heterocycles. The Morgan fingerprint density at radius 2 is 1.83 bits per heavy atom. The normalized spacial score (nSPS) is 19.0. The lowest BCUT2D eigenvalue weighted by molar-refractivity contribution is -0.139. The molecule has 1 amide bonds. The zero-order valence-electron chi connectivity index (χ0n) is 18.0. The van der Waals surface area contributed by atoms with Gasteiger partial charge in [-0.05, 0) is 57.4 Å². The summed E-state index contributed by atoms with van der Waals surface area (Å²) >= 11 is 0. The minimum Gasteiger partial charge on any atom is -0.484 e. The van der Waals surface area contributed by atoms with E-state index in [-0.39, 0.29) is 43.0 Å². The van der Waals surface area contributed by atoms with E-state index in [2.05, 4.69) is 24.0 Å². The van der Waals surface area contributed by atoms with E-state index in [4.69, 9.17) is 14.0 Å². The molecule has 0 radical (unpaired) electrons. The summed E-state index contributed by atoms with van der Waals surface area (Å²) < 4.78 is 15.9. The highest BCUT2D eigenvalue weighted by Gasteiger charge is 2.29. The average Bonchev–Trinajstić information content (AvgIpc) is 3.20. The van der Waals surface area contributed by atoms with Gasteiger partial charge in [-0.15, -0.1) is 0 Å². The predicted molar refractivity (Wildman–Crippen MR) is 109 cm³/mol. The molecule has 0 bridgehead atoms. The van der Waals surface area contributed by atoms with Crippen LogP contribution in [-0.2, 0) is 16.1 Å². The van der Waals surface area contributed by atoms with E-state index in [1.165, 1.54) is 0 Å². The van der Waals surface area contributed by atoms with E-state index in [0.717, 1.165) is 19.3 Å². The van der Waals surface area contributed by atoms with Crippen LogP contribution in [0.15, 0.2) is 28.8 Å². The van der Waals surface area contributed by atoms with Crippen molar-refractivity contribution < 1.29 is 23.6 Å². The number of piperidine rings is 1. The molecule has 0 unspecified atom stereocenters. The van der Waals surface area contributed by atoms with E-state index in [1.807, 2.05) is 18.7 Å². The molecule has 1 aromatic carbocycles. The SMILES string of the molecule is CC(C)c1noc(COC(=O)c2ccc(OCC(=O)N3[C@H](C)CCC[C@H]3C)cc2)n1. The fourth-order valence-electron chi connectivity index (χ4n) is 3.59. The number of ether oxygens (including phenoxy) is 2. The third-order valence-electron chi connectivity index (χ3n) is 5.26. The van der Waals surface area contributed by atoms with Crippen molar-refractivity contribution in [2.45, 2.75) is 71.6 Å². The van der Waals surface area contributed by atoms with Gasteiger partial charge in [-0.3, -0.25) is 4.79 Å². The van der Waals surface area contributed by atoms with Crippen LogP contribution in [0.3, 0.4) is 0 Å². The van der Waals surface area contributed by atoms with Crippen LogP contribution in [0.25, 0.3) is 0 Å². The molecule has 2 heterocycles. The molecular formula is C22H29N3O5. The number of amides is 1. The lowest BCUT2D eigenvalue weighted by Crippen LogP contribution is -2.49. The Hall–Kier alpha value is -2.90. The zero-order chi connectivity index (χ0) is 21.7. The molecule has 1 aliphatic rings.